The van der Waals surface area contributed by atoms with Gasteiger partial charge in [0.05, 0.1) is 7.11 Å². The van der Waals surface area contributed by atoms with Crippen molar-refractivity contribution in [1.82, 2.24) is 0 Å². The highest BCUT2D eigenvalue weighted by Crippen LogP contribution is 2.39. The summed E-state index contributed by atoms with van der Waals surface area (Å²) in [6.07, 6.45) is -0.243. The van der Waals surface area contributed by atoms with Gasteiger partial charge in [-0.3, -0.25) is 4.79 Å². The van der Waals surface area contributed by atoms with Crippen LogP contribution in [-0.4, -0.2) is 32.6 Å². The van der Waals surface area contributed by atoms with Gasteiger partial charge in [0, 0.05) is 24.7 Å². The van der Waals surface area contributed by atoms with Crippen LogP contribution in [0.5, 0.6) is 0 Å². The van der Waals surface area contributed by atoms with Gasteiger partial charge in [0.15, 0.2) is 6.29 Å². The lowest BCUT2D eigenvalue weighted by molar-refractivity contribution is -0.164. The topological polar surface area (TPSA) is 44.8 Å². The zero-order valence-electron chi connectivity index (χ0n) is 15.4. The number of hydrogen-bond donors (Lipinski definition) is 0. The molecule has 1 atom stereocenters. The fourth-order valence-electron chi connectivity index (χ4n) is 3.14. The summed E-state index contributed by atoms with van der Waals surface area (Å²) in [5.74, 6) is -0.365. The quantitative estimate of drug-likeness (QED) is 0.474. The normalized spacial score (nSPS) is 13.4. The number of carbonyl (C=O) groups is 1. The van der Waals surface area contributed by atoms with Crippen molar-refractivity contribution < 1.29 is 19.0 Å². The van der Waals surface area contributed by atoms with E-state index >= 15 is 0 Å². The van der Waals surface area contributed by atoms with Crippen molar-refractivity contribution in [3.8, 4) is 0 Å². The monoisotopic (exact) mass is 376 g/mol. The highest BCUT2D eigenvalue weighted by Gasteiger charge is 2.45. The predicted molar refractivity (Wildman–Crippen MR) is 102 cm³/mol. The van der Waals surface area contributed by atoms with E-state index in [1.54, 1.807) is 12.1 Å². The van der Waals surface area contributed by atoms with Crippen LogP contribution in [0.25, 0.3) is 0 Å². The number of methoxy groups -OCH3 is 1. The summed E-state index contributed by atoms with van der Waals surface area (Å²) < 4.78 is 16.7. The van der Waals surface area contributed by atoms with Crippen molar-refractivity contribution in [1.29, 1.82) is 0 Å². The van der Waals surface area contributed by atoms with Gasteiger partial charge < -0.3 is 14.2 Å². The third-order valence-corrected chi connectivity index (χ3v) is 4.57. The summed E-state index contributed by atoms with van der Waals surface area (Å²) in [4.78, 5) is 13.1. The van der Waals surface area contributed by atoms with Gasteiger partial charge in [0.25, 0.3) is 0 Å². The molecule has 2 rings (SSSR count). The van der Waals surface area contributed by atoms with E-state index in [4.69, 9.17) is 25.8 Å². The number of benzene rings is 2. The van der Waals surface area contributed by atoms with Gasteiger partial charge in [-0.05, 0) is 37.1 Å². The number of halogens is 1. The Bertz CT molecular complexity index is 681. The molecule has 0 saturated carbocycles. The molecule has 0 amide bonds. The predicted octanol–water partition coefficient (Wildman–Crippen LogP) is 4.59. The van der Waals surface area contributed by atoms with E-state index in [2.05, 4.69) is 0 Å². The molecule has 5 heteroatoms. The molecule has 0 bridgehead atoms. The Morgan fingerprint density at radius 1 is 0.962 bits per heavy atom. The average Bonchev–Trinajstić information content (AvgIpc) is 2.67. The zero-order chi connectivity index (χ0) is 19.0. The lowest BCUT2D eigenvalue weighted by Crippen LogP contribution is -2.42. The molecule has 2 aromatic rings. The number of carbonyl (C=O) groups excluding carboxylic acids is 1. The smallest absolute Gasteiger partial charge is 0.321 e. The zero-order valence-corrected chi connectivity index (χ0v) is 16.2. The van der Waals surface area contributed by atoms with E-state index in [-0.39, 0.29) is 5.97 Å². The van der Waals surface area contributed by atoms with Gasteiger partial charge in [-0.25, -0.2) is 0 Å². The second-order valence-electron chi connectivity index (χ2n) is 5.81. The molecular formula is C21H25ClO4. The van der Waals surface area contributed by atoms with E-state index in [0.29, 0.717) is 24.7 Å². The number of hydrogen-bond acceptors (Lipinski definition) is 4. The first-order chi connectivity index (χ1) is 12.6. The molecule has 0 aliphatic rings. The molecule has 1 unspecified atom stereocenters. The van der Waals surface area contributed by atoms with Crippen LogP contribution >= 0.6 is 11.6 Å². The van der Waals surface area contributed by atoms with Gasteiger partial charge in [-0.1, -0.05) is 54.1 Å². The number of rotatable bonds is 9. The second-order valence-corrected chi connectivity index (χ2v) is 6.25. The summed E-state index contributed by atoms with van der Waals surface area (Å²) in [6.45, 7) is 4.77. The average molecular weight is 377 g/mol. The van der Waals surface area contributed by atoms with E-state index in [1.807, 2.05) is 56.3 Å². The molecule has 0 aromatic heterocycles. The molecule has 0 N–H and O–H groups in total. The van der Waals surface area contributed by atoms with Crippen LogP contribution in [0.15, 0.2) is 54.6 Å². The summed E-state index contributed by atoms with van der Waals surface area (Å²) in [5.41, 5.74) is 0.540. The number of esters is 1. The molecule has 140 valence electrons. The molecule has 0 spiro atoms. The van der Waals surface area contributed by atoms with Crippen LogP contribution in [0.1, 0.15) is 31.4 Å². The second kappa shape index (κ2) is 9.72. The van der Waals surface area contributed by atoms with Crippen LogP contribution in [0.3, 0.4) is 0 Å². The molecule has 26 heavy (non-hydrogen) atoms. The Kier molecular flexibility index (Phi) is 7.64. The van der Waals surface area contributed by atoms with Gasteiger partial charge in [-0.2, -0.15) is 0 Å². The number of ether oxygens (including phenoxy) is 3. The van der Waals surface area contributed by atoms with Crippen LogP contribution in [0.2, 0.25) is 5.02 Å². The Morgan fingerprint density at radius 2 is 1.50 bits per heavy atom. The molecule has 0 fully saturated rings. The highest BCUT2D eigenvalue weighted by atomic mass is 35.5. The molecule has 2 aromatic carbocycles. The lowest BCUT2D eigenvalue weighted by atomic mass is 9.71. The molecule has 0 aliphatic heterocycles. The lowest BCUT2D eigenvalue weighted by Gasteiger charge is -2.35. The molecule has 0 saturated heterocycles. The van der Waals surface area contributed by atoms with Crippen molar-refractivity contribution in [2.75, 3.05) is 20.3 Å². The first-order valence-corrected chi connectivity index (χ1v) is 9.09. The summed E-state index contributed by atoms with van der Waals surface area (Å²) in [5, 5.41) is 0.603. The standard InChI is InChI=1S/C21H25ClO4/c1-4-25-19(26-5-2)15-21(20(23)24-3,16-9-7-6-8-10-16)17-11-13-18(22)14-12-17/h6-14,19H,4-5,15H2,1-3H3. The van der Waals surface area contributed by atoms with E-state index in [0.717, 1.165) is 11.1 Å². The van der Waals surface area contributed by atoms with Gasteiger partial charge >= 0.3 is 5.97 Å². The van der Waals surface area contributed by atoms with Crippen molar-refractivity contribution in [2.45, 2.75) is 32.0 Å². The maximum absolute atomic E-state index is 13.1. The third-order valence-electron chi connectivity index (χ3n) is 4.32. The van der Waals surface area contributed by atoms with E-state index < -0.39 is 11.7 Å². The first-order valence-electron chi connectivity index (χ1n) is 8.71. The maximum atomic E-state index is 13.1. The summed E-state index contributed by atoms with van der Waals surface area (Å²) in [6, 6.07) is 16.8. The first kappa shape index (κ1) is 20.4. The Hall–Kier alpha value is -1.88. The van der Waals surface area contributed by atoms with Crippen LogP contribution in [-0.2, 0) is 24.4 Å². The van der Waals surface area contributed by atoms with Crippen LogP contribution in [0, 0.1) is 0 Å². The Morgan fingerprint density at radius 3 is 2.00 bits per heavy atom. The van der Waals surface area contributed by atoms with Gasteiger partial charge in [-0.15, -0.1) is 0 Å². The minimum absolute atomic E-state index is 0.299. The molecular weight excluding hydrogens is 352 g/mol. The SMILES string of the molecule is CCOC(CC(C(=O)OC)(c1ccccc1)c1ccc(Cl)cc1)OCC. The third kappa shape index (κ3) is 4.44. The fourth-order valence-corrected chi connectivity index (χ4v) is 3.27. The van der Waals surface area contributed by atoms with Gasteiger partial charge in [0.1, 0.15) is 5.41 Å². The summed E-state index contributed by atoms with van der Waals surface area (Å²) >= 11 is 6.06. The minimum atomic E-state index is -1.06. The Balaban J connectivity index is 2.63. The highest BCUT2D eigenvalue weighted by molar-refractivity contribution is 6.30. The molecule has 4 nitrogen and oxygen atoms in total. The van der Waals surface area contributed by atoms with Gasteiger partial charge in [0.2, 0.25) is 0 Å². The largest absolute Gasteiger partial charge is 0.468 e. The summed E-state index contributed by atoms with van der Waals surface area (Å²) in [7, 11) is 1.40. The van der Waals surface area contributed by atoms with Crippen molar-refractivity contribution in [3.05, 3.63) is 70.7 Å². The fraction of sp³-hybridized carbons (Fsp3) is 0.381. The molecule has 0 aliphatic carbocycles. The van der Waals surface area contributed by atoms with Crippen molar-refractivity contribution in [2.24, 2.45) is 0 Å². The van der Waals surface area contributed by atoms with Crippen LogP contribution in [0.4, 0.5) is 0 Å². The van der Waals surface area contributed by atoms with Crippen LogP contribution < -0.4 is 0 Å². The molecule has 0 heterocycles. The Labute approximate surface area is 160 Å². The minimum Gasteiger partial charge on any atom is -0.468 e. The van der Waals surface area contributed by atoms with Crippen molar-refractivity contribution >= 4 is 17.6 Å². The van der Waals surface area contributed by atoms with E-state index in [9.17, 15) is 4.79 Å². The molecule has 0 radical (unpaired) electrons. The van der Waals surface area contributed by atoms with Crippen molar-refractivity contribution in [3.63, 3.8) is 0 Å². The van der Waals surface area contributed by atoms with E-state index in [1.165, 1.54) is 7.11 Å². The maximum Gasteiger partial charge on any atom is 0.321 e.